The van der Waals surface area contributed by atoms with Crippen LogP contribution in [0.1, 0.15) is 0 Å². The van der Waals surface area contributed by atoms with Crippen molar-refractivity contribution < 1.29 is 8.42 Å². The molecule has 8 nitrogen and oxygen atoms in total. The highest BCUT2D eigenvalue weighted by molar-refractivity contribution is 7.99. The van der Waals surface area contributed by atoms with Gasteiger partial charge in [0, 0.05) is 23.1 Å². The number of benzene rings is 2. The first kappa shape index (κ1) is 18.9. The van der Waals surface area contributed by atoms with Gasteiger partial charge in [-0.3, -0.25) is 4.98 Å². The monoisotopic (exact) mass is 405 g/mol. The maximum atomic E-state index is 12.2. The minimum Gasteiger partial charge on any atom is -0.258 e. The smallest absolute Gasteiger partial charge is 0.258 e. The molecule has 0 bridgehead atoms. The molecule has 2 aromatic carbocycles. The third-order valence-corrected chi connectivity index (χ3v) is 5.93. The van der Waals surface area contributed by atoms with Crippen LogP contribution in [0, 0.1) is 0 Å². The summed E-state index contributed by atoms with van der Waals surface area (Å²) >= 11 is 1.40. The molecule has 0 radical (unpaired) electrons. The number of aromatic nitrogens is 3. The zero-order valence-corrected chi connectivity index (χ0v) is 16.0. The lowest BCUT2D eigenvalue weighted by molar-refractivity contribution is 0.602. The summed E-state index contributed by atoms with van der Waals surface area (Å²) < 4.78 is 24.7. The standard InChI is InChI=1S/C17H15N3O5S2/c1-19-15(21)18-16(22)20(17(19)23)11-3-5-12(6-4-11)26-13-7-9-14(10-8-13)27(2,24)25/h3-10H,1-2H3,(H,18,21,22). The van der Waals surface area contributed by atoms with E-state index in [4.69, 9.17) is 0 Å². The van der Waals surface area contributed by atoms with E-state index >= 15 is 0 Å². The van der Waals surface area contributed by atoms with Crippen molar-refractivity contribution in [2.24, 2.45) is 7.05 Å². The average Bonchev–Trinajstić information content (AvgIpc) is 2.61. The van der Waals surface area contributed by atoms with Gasteiger partial charge < -0.3 is 0 Å². The first-order valence-electron chi connectivity index (χ1n) is 7.67. The Bertz CT molecular complexity index is 1270. The third-order valence-electron chi connectivity index (χ3n) is 3.78. The Morgan fingerprint density at radius 2 is 1.37 bits per heavy atom. The van der Waals surface area contributed by atoms with E-state index < -0.39 is 26.9 Å². The number of sulfone groups is 1. The Morgan fingerprint density at radius 3 is 1.89 bits per heavy atom. The normalized spacial score (nSPS) is 11.5. The molecule has 1 aromatic heterocycles. The van der Waals surface area contributed by atoms with Crippen molar-refractivity contribution >= 4 is 21.6 Å². The van der Waals surface area contributed by atoms with Gasteiger partial charge in [0.2, 0.25) is 0 Å². The van der Waals surface area contributed by atoms with Crippen LogP contribution in [0.25, 0.3) is 5.69 Å². The number of nitrogens with one attached hydrogen (secondary N) is 1. The maximum absolute atomic E-state index is 12.2. The molecule has 0 atom stereocenters. The number of aromatic amines is 1. The third kappa shape index (κ3) is 3.96. The first-order chi connectivity index (χ1) is 12.7. The van der Waals surface area contributed by atoms with Crippen molar-refractivity contribution in [1.82, 2.24) is 14.1 Å². The van der Waals surface area contributed by atoms with Gasteiger partial charge >= 0.3 is 17.1 Å². The molecule has 10 heteroatoms. The lowest BCUT2D eigenvalue weighted by Gasteiger charge is -2.07. The van der Waals surface area contributed by atoms with Crippen LogP contribution in [0.4, 0.5) is 0 Å². The second-order valence-corrected chi connectivity index (χ2v) is 8.91. The van der Waals surface area contributed by atoms with Crippen LogP contribution in [-0.4, -0.2) is 28.8 Å². The summed E-state index contributed by atoms with van der Waals surface area (Å²) in [7, 11) is -1.96. The molecular formula is C17H15N3O5S2. The van der Waals surface area contributed by atoms with E-state index in [-0.39, 0.29) is 4.90 Å². The summed E-state index contributed by atoms with van der Waals surface area (Å²) in [5, 5.41) is 0. The molecule has 0 spiro atoms. The van der Waals surface area contributed by atoms with Crippen LogP contribution >= 0.6 is 11.8 Å². The summed E-state index contributed by atoms with van der Waals surface area (Å²) in [6.07, 6.45) is 1.15. The highest BCUT2D eigenvalue weighted by Gasteiger charge is 2.10. The Labute approximate surface area is 158 Å². The molecular weight excluding hydrogens is 390 g/mol. The molecule has 0 aliphatic carbocycles. The van der Waals surface area contributed by atoms with E-state index in [1.54, 1.807) is 36.4 Å². The second-order valence-electron chi connectivity index (χ2n) is 5.75. The molecule has 0 fully saturated rings. The molecule has 0 unspecified atom stereocenters. The molecule has 3 rings (SSSR count). The summed E-state index contributed by atoms with van der Waals surface area (Å²) in [6.45, 7) is 0. The van der Waals surface area contributed by atoms with Crippen molar-refractivity contribution in [3.05, 3.63) is 80.0 Å². The molecule has 140 valence electrons. The van der Waals surface area contributed by atoms with Gasteiger partial charge in [-0.2, -0.15) is 0 Å². The van der Waals surface area contributed by atoms with Gasteiger partial charge in [-0.25, -0.2) is 31.9 Å². The number of hydrogen-bond donors (Lipinski definition) is 1. The van der Waals surface area contributed by atoms with Crippen LogP contribution in [0.5, 0.6) is 0 Å². The zero-order valence-electron chi connectivity index (χ0n) is 14.4. The van der Waals surface area contributed by atoms with E-state index in [0.717, 1.165) is 25.2 Å². The van der Waals surface area contributed by atoms with Crippen molar-refractivity contribution in [3.63, 3.8) is 0 Å². The Kier molecular flexibility index (Phi) is 4.94. The van der Waals surface area contributed by atoms with Crippen molar-refractivity contribution in [3.8, 4) is 5.69 Å². The largest absolute Gasteiger partial charge is 0.340 e. The van der Waals surface area contributed by atoms with Crippen molar-refractivity contribution in [2.45, 2.75) is 14.7 Å². The van der Waals surface area contributed by atoms with Crippen molar-refractivity contribution in [1.29, 1.82) is 0 Å². The van der Waals surface area contributed by atoms with Crippen molar-refractivity contribution in [2.75, 3.05) is 6.26 Å². The molecule has 0 saturated heterocycles. The number of hydrogen-bond acceptors (Lipinski definition) is 6. The van der Waals surface area contributed by atoms with Gasteiger partial charge in [0.05, 0.1) is 10.6 Å². The topological polar surface area (TPSA) is 111 Å². The predicted molar refractivity (Wildman–Crippen MR) is 102 cm³/mol. The molecule has 0 aliphatic rings. The highest BCUT2D eigenvalue weighted by atomic mass is 32.2. The fraction of sp³-hybridized carbons (Fsp3) is 0.118. The number of nitrogens with zero attached hydrogens (tertiary/aromatic N) is 2. The molecule has 27 heavy (non-hydrogen) atoms. The molecule has 0 aliphatic heterocycles. The average molecular weight is 405 g/mol. The molecule has 0 amide bonds. The lowest BCUT2D eigenvalue weighted by Crippen LogP contribution is -2.47. The summed E-state index contributed by atoms with van der Waals surface area (Å²) in [4.78, 5) is 39.5. The zero-order chi connectivity index (χ0) is 19.8. The van der Waals surface area contributed by atoms with Crippen LogP contribution in [-0.2, 0) is 16.9 Å². The minimum atomic E-state index is -3.24. The SMILES string of the molecule is Cn1c(=O)[nH]c(=O)n(-c2ccc(Sc3ccc(S(C)(=O)=O)cc3)cc2)c1=O. The quantitative estimate of drug-likeness (QED) is 0.687. The molecule has 3 aromatic rings. The van der Waals surface area contributed by atoms with Gasteiger partial charge in [-0.15, -0.1) is 0 Å². The summed E-state index contributed by atoms with van der Waals surface area (Å²) in [6, 6.07) is 13.1. The minimum absolute atomic E-state index is 0.246. The van der Waals surface area contributed by atoms with Gasteiger partial charge in [0.15, 0.2) is 9.84 Å². The van der Waals surface area contributed by atoms with E-state index in [0.29, 0.717) is 5.69 Å². The second kappa shape index (κ2) is 7.05. The number of H-pyrrole nitrogens is 1. The predicted octanol–water partition coefficient (Wildman–Crippen LogP) is 0.779. The first-order valence-corrected chi connectivity index (χ1v) is 10.4. The fourth-order valence-electron chi connectivity index (χ4n) is 2.34. The van der Waals surface area contributed by atoms with Gasteiger partial charge in [0.25, 0.3) is 0 Å². The van der Waals surface area contributed by atoms with Crippen LogP contribution in [0.15, 0.2) is 77.6 Å². The molecule has 1 heterocycles. The fourth-order valence-corrected chi connectivity index (χ4v) is 3.78. The van der Waals surface area contributed by atoms with Crippen LogP contribution < -0.4 is 17.1 Å². The van der Waals surface area contributed by atoms with Gasteiger partial charge in [0.1, 0.15) is 0 Å². The van der Waals surface area contributed by atoms with Crippen LogP contribution in [0.3, 0.4) is 0 Å². The van der Waals surface area contributed by atoms with Gasteiger partial charge in [-0.05, 0) is 48.5 Å². The Hall–Kier alpha value is -2.85. The molecule has 0 saturated carbocycles. The van der Waals surface area contributed by atoms with Crippen LogP contribution in [0.2, 0.25) is 0 Å². The number of rotatable bonds is 4. The Balaban J connectivity index is 1.89. The summed E-state index contributed by atoms with van der Waals surface area (Å²) in [5.74, 6) is 0. The van der Waals surface area contributed by atoms with E-state index in [1.807, 2.05) is 0 Å². The van der Waals surface area contributed by atoms with E-state index in [2.05, 4.69) is 4.98 Å². The molecule has 1 N–H and O–H groups in total. The van der Waals surface area contributed by atoms with Gasteiger partial charge in [-0.1, -0.05) is 11.8 Å². The lowest BCUT2D eigenvalue weighted by atomic mass is 10.3. The maximum Gasteiger partial charge on any atom is 0.340 e. The van der Waals surface area contributed by atoms with E-state index in [1.165, 1.54) is 30.9 Å². The highest BCUT2D eigenvalue weighted by Crippen LogP contribution is 2.28. The summed E-state index contributed by atoms with van der Waals surface area (Å²) in [5.41, 5.74) is -1.99. The Morgan fingerprint density at radius 1 is 0.852 bits per heavy atom. The van der Waals surface area contributed by atoms with E-state index in [9.17, 15) is 22.8 Å².